The van der Waals surface area contributed by atoms with Gasteiger partial charge in [0.2, 0.25) is 15.7 Å². The maximum atomic E-state index is 14.6. The smallest absolute Gasteiger partial charge is 0.407 e. The topological polar surface area (TPSA) is 132 Å². The summed E-state index contributed by atoms with van der Waals surface area (Å²) in [5.74, 6) is -0.531. The Labute approximate surface area is 299 Å². The zero-order valence-corrected chi connectivity index (χ0v) is 29.6. The van der Waals surface area contributed by atoms with Gasteiger partial charge in [-0.1, -0.05) is 18.7 Å². The van der Waals surface area contributed by atoms with Gasteiger partial charge in [-0.2, -0.15) is 5.26 Å². The number of nitrogens with one attached hydrogen (secondary N) is 2. The molecule has 3 aliphatic rings. The van der Waals surface area contributed by atoms with Crippen molar-refractivity contribution in [2.75, 3.05) is 50.0 Å². The lowest BCUT2D eigenvalue weighted by Gasteiger charge is -2.47. The molecule has 3 aromatic carbocycles. The van der Waals surface area contributed by atoms with E-state index in [4.69, 9.17) is 4.74 Å². The minimum absolute atomic E-state index is 0.0109. The number of anilines is 2. The number of hydrogen-bond donors (Lipinski definition) is 2. The quantitative estimate of drug-likeness (QED) is 0.234. The van der Waals surface area contributed by atoms with Crippen LogP contribution in [0.4, 0.5) is 20.6 Å². The molecule has 3 atom stereocenters. The summed E-state index contributed by atoms with van der Waals surface area (Å²) in [7, 11) is -2.20. The van der Waals surface area contributed by atoms with Crippen LogP contribution >= 0.6 is 0 Å². The molecule has 12 heteroatoms. The highest BCUT2D eigenvalue weighted by atomic mass is 32.2. The molecular formula is C39H44FN5O5S. The van der Waals surface area contributed by atoms with Crippen molar-refractivity contribution in [3.63, 3.8) is 0 Å². The molecular weight excluding hydrogens is 670 g/mol. The number of alkyl carbamates (subject to hydrolysis) is 1. The molecule has 3 aromatic rings. The molecule has 0 radical (unpaired) electrons. The SMILES string of the molecule is C=CC(=O)Nc1ccc(S(=O)(=O)c2ccc(N3CC(CN4CCC([C@](C#N)(c5cccc(F)c5)[C@H]5CCC[C@@H]5OC(=O)NC)CC4)C3)cc2)cc1. The van der Waals surface area contributed by atoms with Crippen molar-refractivity contribution in [2.24, 2.45) is 17.8 Å². The third-order valence-corrected chi connectivity index (χ3v) is 12.6. The van der Waals surface area contributed by atoms with E-state index < -0.39 is 27.4 Å². The van der Waals surface area contributed by atoms with E-state index in [1.807, 2.05) is 18.2 Å². The molecule has 2 aliphatic heterocycles. The van der Waals surface area contributed by atoms with Crippen molar-refractivity contribution in [2.45, 2.75) is 53.4 Å². The molecule has 2 amide bonds. The second-order valence-corrected chi connectivity index (χ2v) is 15.7. The Morgan fingerprint density at radius 1 is 1.02 bits per heavy atom. The van der Waals surface area contributed by atoms with E-state index in [9.17, 15) is 27.7 Å². The van der Waals surface area contributed by atoms with Gasteiger partial charge in [-0.15, -0.1) is 0 Å². The van der Waals surface area contributed by atoms with E-state index in [0.717, 1.165) is 70.2 Å². The van der Waals surface area contributed by atoms with Crippen molar-refractivity contribution in [3.8, 4) is 6.07 Å². The van der Waals surface area contributed by atoms with Crippen molar-refractivity contribution in [1.82, 2.24) is 10.2 Å². The Balaban J connectivity index is 1.05. The number of benzene rings is 3. The molecule has 1 aliphatic carbocycles. The van der Waals surface area contributed by atoms with Gasteiger partial charge in [0, 0.05) is 49.9 Å². The first-order valence-corrected chi connectivity index (χ1v) is 19.0. The Hall–Kier alpha value is -4.73. The van der Waals surface area contributed by atoms with E-state index in [1.165, 1.54) is 31.3 Å². The van der Waals surface area contributed by atoms with Crippen LogP contribution in [0, 0.1) is 34.9 Å². The average Bonchev–Trinajstić information content (AvgIpc) is 3.59. The Morgan fingerprint density at radius 2 is 1.69 bits per heavy atom. The second kappa shape index (κ2) is 15.3. The van der Waals surface area contributed by atoms with Gasteiger partial charge in [0.05, 0.1) is 21.3 Å². The number of ether oxygens (including phenoxy) is 1. The molecule has 2 heterocycles. The monoisotopic (exact) mass is 713 g/mol. The Kier molecular flexibility index (Phi) is 10.8. The van der Waals surface area contributed by atoms with Crippen LogP contribution < -0.4 is 15.5 Å². The highest BCUT2D eigenvalue weighted by Crippen LogP contribution is 2.51. The first kappa shape index (κ1) is 36.1. The molecule has 0 spiro atoms. The standard InChI is InChI=1S/C39H44FN5O5S/c1-3-37(46)43-31-10-14-33(15-11-31)51(48,49)34-16-12-32(13-17-34)45-24-27(25-45)23-44-20-18-28(19-21-44)39(26-41,29-6-4-7-30(40)22-29)35-8-5-9-36(35)50-38(47)42-2/h3-4,6-7,10-17,22,27-28,35-36H,1,5,8-9,18-21,23-25H2,2H3,(H,42,47)(H,43,46)/t35-,36-,39+/m0/s1. The summed E-state index contributed by atoms with van der Waals surface area (Å²) in [5, 5.41) is 16.0. The summed E-state index contributed by atoms with van der Waals surface area (Å²) < 4.78 is 46.8. The average molecular weight is 714 g/mol. The fourth-order valence-corrected chi connectivity index (χ4v) is 9.50. The predicted molar refractivity (Wildman–Crippen MR) is 192 cm³/mol. The molecule has 10 nitrogen and oxygen atoms in total. The molecule has 1 saturated carbocycles. The fourth-order valence-electron chi connectivity index (χ4n) is 8.24. The highest BCUT2D eigenvalue weighted by molar-refractivity contribution is 7.91. The number of halogens is 1. The van der Waals surface area contributed by atoms with Gasteiger partial charge in [-0.3, -0.25) is 4.79 Å². The molecule has 0 aromatic heterocycles. The predicted octanol–water partition coefficient (Wildman–Crippen LogP) is 5.92. The summed E-state index contributed by atoms with van der Waals surface area (Å²) in [4.78, 5) is 28.8. The van der Waals surface area contributed by atoms with Crippen LogP contribution in [-0.4, -0.2) is 71.2 Å². The highest BCUT2D eigenvalue weighted by Gasteiger charge is 2.53. The van der Waals surface area contributed by atoms with Crippen LogP contribution in [0.15, 0.2) is 95.2 Å². The van der Waals surface area contributed by atoms with Gasteiger partial charge in [-0.25, -0.2) is 17.6 Å². The third kappa shape index (κ3) is 7.51. The minimum atomic E-state index is -3.72. The molecule has 6 rings (SSSR count). The number of hydrogen-bond acceptors (Lipinski definition) is 8. The summed E-state index contributed by atoms with van der Waals surface area (Å²) >= 11 is 0. The van der Waals surface area contributed by atoms with E-state index in [-0.39, 0.29) is 33.4 Å². The molecule has 2 saturated heterocycles. The van der Waals surface area contributed by atoms with Crippen LogP contribution in [0.3, 0.4) is 0 Å². The minimum Gasteiger partial charge on any atom is -0.446 e. The van der Waals surface area contributed by atoms with Crippen molar-refractivity contribution in [3.05, 3.63) is 96.8 Å². The normalized spacial score (nSPS) is 21.2. The van der Waals surface area contributed by atoms with Gasteiger partial charge in [-0.05, 0) is 123 Å². The van der Waals surface area contributed by atoms with Crippen molar-refractivity contribution in [1.29, 1.82) is 5.26 Å². The zero-order valence-electron chi connectivity index (χ0n) is 28.8. The lowest BCUT2D eigenvalue weighted by atomic mass is 9.59. The lowest BCUT2D eigenvalue weighted by Crippen LogP contribution is -2.54. The number of rotatable bonds is 11. The number of piperidine rings is 1. The first-order valence-electron chi connectivity index (χ1n) is 17.5. The van der Waals surface area contributed by atoms with Gasteiger partial charge in [0.1, 0.15) is 11.9 Å². The largest absolute Gasteiger partial charge is 0.446 e. The number of nitrogens with zero attached hydrogens (tertiary/aromatic N) is 3. The summed E-state index contributed by atoms with van der Waals surface area (Å²) in [5.41, 5.74) is 1.15. The van der Waals surface area contributed by atoms with Crippen LogP contribution in [0.1, 0.15) is 37.7 Å². The van der Waals surface area contributed by atoms with Gasteiger partial charge >= 0.3 is 6.09 Å². The first-order chi connectivity index (χ1) is 24.6. The van der Waals surface area contributed by atoms with Crippen LogP contribution in [-0.2, 0) is 24.8 Å². The number of sulfone groups is 1. The number of carbonyl (C=O) groups is 2. The maximum Gasteiger partial charge on any atom is 0.407 e. The van der Waals surface area contributed by atoms with Crippen LogP contribution in [0.5, 0.6) is 0 Å². The number of likely N-dealkylation sites (tertiary alicyclic amines) is 1. The Bertz CT molecular complexity index is 1880. The van der Waals surface area contributed by atoms with Crippen molar-refractivity contribution < 1.29 is 27.1 Å². The van der Waals surface area contributed by atoms with Gasteiger partial charge < -0.3 is 25.2 Å². The summed E-state index contributed by atoms with van der Waals surface area (Å²) in [6.45, 7) is 7.69. The molecule has 3 fully saturated rings. The van der Waals surface area contributed by atoms with Crippen molar-refractivity contribution >= 4 is 33.2 Å². The van der Waals surface area contributed by atoms with Gasteiger partial charge in [0.15, 0.2) is 0 Å². The summed E-state index contributed by atoms with van der Waals surface area (Å²) in [6, 6.07) is 22.0. The second-order valence-electron chi connectivity index (χ2n) is 13.8. The van der Waals surface area contributed by atoms with Crippen LogP contribution in [0.25, 0.3) is 0 Å². The zero-order chi connectivity index (χ0) is 36.2. The lowest BCUT2D eigenvalue weighted by molar-refractivity contribution is -0.111. The van der Waals surface area contributed by atoms with E-state index in [2.05, 4.69) is 33.1 Å². The molecule has 51 heavy (non-hydrogen) atoms. The van der Waals surface area contributed by atoms with E-state index in [1.54, 1.807) is 30.3 Å². The fraction of sp³-hybridized carbons (Fsp3) is 0.410. The van der Waals surface area contributed by atoms with Gasteiger partial charge in [0.25, 0.3) is 0 Å². The van der Waals surface area contributed by atoms with Crippen LogP contribution in [0.2, 0.25) is 0 Å². The molecule has 0 bridgehead atoms. The maximum absolute atomic E-state index is 14.6. The van der Waals surface area contributed by atoms with E-state index >= 15 is 0 Å². The van der Waals surface area contributed by atoms with E-state index in [0.29, 0.717) is 23.6 Å². The number of amides is 2. The third-order valence-electron chi connectivity index (χ3n) is 10.8. The molecule has 2 N–H and O–H groups in total. The number of nitriles is 1. The molecule has 0 unspecified atom stereocenters. The molecule has 268 valence electrons. The Morgan fingerprint density at radius 3 is 2.29 bits per heavy atom. The number of carbonyl (C=O) groups excluding carboxylic acids is 2. The summed E-state index contributed by atoms with van der Waals surface area (Å²) in [6.07, 6.45) is 4.05.